The Kier molecular flexibility index (Phi) is 2.18. The van der Waals surface area contributed by atoms with Crippen molar-refractivity contribution in [3.8, 4) is 0 Å². The summed E-state index contributed by atoms with van der Waals surface area (Å²) in [4.78, 5) is 12.8. The molecule has 1 atom stereocenters. The van der Waals surface area contributed by atoms with Gasteiger partial charge in [-0.15, -0.1) is 0 Å². The summed E-state index contributed by atoms with van der Waals surface area (Å²) in [6.45, 7) is 0. The minimum atomic E-state index is -0.266. The average Bonchev–Trinajstić information content (AvgIpc) is 2.18. The molecule has 1 unspecified atom stereocenters. The lowest BCUT2D eigenvalue weighted by Crippen LogP contribution is -2.49. The van der Waals surface area contributed by atoms with Gasteiger partial charge in [0.1, 0.15) is 0 Å². The Labute approximate surface area is 79.3 Å². The van der Waals surface area contributed by atoms with Crippen LogP contribution >= 0.6 is 0 Å². The van der Waals surface area contributed by atoms with Crippen LogP contribution in [0, 0.1) is 11.8 Å². The second kappa shape index (κ2) is 3.20. The highest BCUT2D eigenvalue weighted by Crippen LogP contribution is 2.42. The van der Waals surface area contributed by atoms with Gasteiger partial charge in [-0.25, -0.2) is 4.79 Å². The molecular weight excluding hydrogens is 164 g/mol. The third kappa shape index (κ3) is 1.52. The van der Waals surface area contributed by atoms with Gasteiger partial charge in [0, 0.05) is 13.1 Å². The monoisotopic (exact) mass is 182 g/mol. The van der Waals surface area contributed by atoms with Crippen LogP contribution in [0.2, 0.25) is 0 Å². The van der Waals surface area contributed by atoms with E-state index in [1.807, 2.05) is 7.05 Å². The number of urea groups is 1. The summed E-state index contributed by atoms with van der Waals surface area (Å²) >= 11 is 0. The normalized spacial score (nSPS) is 37.5. The number of fused-ring (bicyclic) bond motifs is 3. The van der Waals surface area contributed by atoms with Crippen molar-refractivity contribution in [2.75, 3.05) is 7.05 Å². The highest BCUT2D eigenvalue weighted by Gasteiger charge is 2.38. The molecule has 0 saturated heterocycles. The van der Waals surface area contributed by atoms with Crippen molar-refractivity contribution in [3.63, 3.8) is 0 Å². The van der Waals surface area contributed by atoms with E-state index in [2.05, 4.69) is 0 Å². The molecule has 3 nitrogen and oxygen atoms in total. The standard InChI is InChI=1S/C10H18N2O/c1-12(10(11)13)9-6-7-2-4-8(9)5-3-7/h7-9H,2-6H2,1H3,(H2,11,13). The second-order valence-electron chi connectivity index (χ2n) is 4.53. The first-order valence-corrected chi connectivity index (χ1v) is 5.20. The number of carbonyl (C=O) groups is 1. The number of nitrogens with two attached hydrogens (primary N) is 1. The van der Waals surface area contributed by atoms with Gasteiger partial charge in [0.15, 0.2) is 0 Å². The summed E-state index contributed by atoms with van der Waals surface area (Å²) in [5, 5.41) is 0. The lowest BCUT2D eigenvalue weighted by atomic mass is 9.67. The molecule has 3 aliphatic carbocycles. The van der Waals surface area contributed by atoms with Crippen LogP contribution in [0.3, 0.4) is 0 Å². The summed E-state index contributed by atoms with van der Waals surface area (Å²) in [5.41, 5.74) is 5.29. The summed E-state index contributed by atoms with van der Waals surface area (Å²) in [6, 6.07) is 0.169. The molecule has 0 aromatic carbocycles. The number of rotatable bonds is 1. The first-order chi connectivity index (χ1) is 6.18. The van der Waals surface area contributed by atoms with Crippen molar-refractivity contribution in [2.24, 2.45) is 17.6 Å². The summed E-state index contributed by atoms with van der Waals surface area (Å²) < 4.78 is 0. The van der Waals surface area contributed by atoms with E-state index in [1.165, 1.54) is 32.1 Å². The number of amides is 2. The first-order valence-electron chi connectivity index (χ1n) is 5.20. The Morgan fingerprint density at radius 1 is 1.31 bits per heavy atom. The van der Waals surface area contributed by atoms with E-state index in [-0.39, 0.29) is 6.03 Å². The maximum Gasteiger partial charge on any atom is 0.314 e. The molecule has 0 aromatic heterocycles. The highest BCUT2D eigenvalue weighted by molar-refractivity contribution is 5.72. The molecule has 0 spiro atoms. The molecule has 3 rings (SSSR count). The average molecular weight is 182 g/mol. The molecule has 2 amide bonds. The Bertz CT molecular complexity index is 209. The maximum absolute atomic E-state index is 11.0. The van der Waals surface area contributed by atoms with E-state index in [0.29, 0.717) is 6.04 Å². The molecule has 0 radical (unpaired) electrons. The van der Waals surface area contributed by atoms with Crippen molar-refractivity contribution >= 4 is 6.03 Å². The van der Waals surface area contributed by atoms with Crippen molar-refractivity contribution in [2.45, 2.75) is 38.1 Å². The van der Waals surface area contributed by atoms with E-state index >= 15 is 0 Å². The summed E-state index contributed by atoms with van der Waals surface area (Å²) in [5.74, 6) is 1.58. The topological polar surface area (TPSA) is 46.3 Å². The molecule has 3 fully saturated rings. The quantitative estimate of drug-likeness (QED) is 0.657. The van der Waals surface area contributed by atoms with E-state index < -0.39 is 0 Å². The molecule has 0 aromatic rings. The number of hydrogen-bond acceptors (Lipinski definition) is 1. The number of hydrogen-bond donors (Lipinski definition) is 1. The van der Waals surface area contributed by atoms with E-state index in [4.69, 9.17) is 5.73 Å². The molecule has 0 aliphatic heterocycles. The Hall–Kier alpha value is -0.730. The molecule has 74 valence electrons. The van der Waals surface area contributed by atoms with Gasteiger partial charge in [-0.05, 0) is 31.1 Å². The Morgan fingerprint density at radius 2 is 1.92 bits per heavy atom. The molecule has 3 saturated carbocycles. The Morgan fingerprint density at radius 3 is 2.31 bits per heavy atom. The van der Waals surface area contributed by atoms with Gasteiger partial charge in [0.2, 0.25) is 0 Å². The second-order valence-corrected chi connectivity index (χ2v) is 4.53. The molecular formula is C10H18N2O. The third-order valence-corrected chi connectivity index (χ3v) is 3.86. The zero-order valence-corrected chi connectivity index (χ0v) is 8.20. The van der Waals surface area contributed by atoms with Gasteiger partial charge in [-0.2, -0.15) is 0 Å². The lowest BCUT2D eigenvalue weighted by Gasteiger charge is -2.45. The first kappa shape index (κ1) is 8.85. The SMILES string of the molecule is CN(C(N)=O)C1CC2CCC1CC2. The fraction of sp³-hybridized carbons (Fsp3) is 0.900. The van der Waals surface area contributed by atoms with Crippen LogP contribution in [-0.4, -0.2) is 24.0 Å². The van der Waals surface area contributed by atoms with E-state index in [0.717, 1.165) is 11.8 Å². The summed E-state index contributed by atoms with van der Waals surface area (Å²) in [7, 11) is 1.84. The minimum absolute atomic E-state index is 0.266. The maximum atomic E-state index is 11.0. The molecule has 3 heteroatoms. The molecule has 2 bridgehead atoms. The zero-order valence-electron chi connectivity index (χ0n) is 8.20. The van der Waals surface area contributed by atoms with Crippen molar-refractivity contribution in [3.05, 3.63) is 0 Å². The van der Waals surface area contributed by atoms with Gasteiger partial charge in [-0.3, -0.25) is 0 Å². The molecule has 0 heterocycles. The van der Waals surface area contributed by atoms with Crippen LogP contribution in [0.5, 0.6) is 0 Å². The fourth-order valence-electron chi connectivity index (χ4n) is 2.98. The van der Waals surface area contributed by atoms with Crippen LogP contribution in [0.4, 0.5) is 4.79 Å². The smallest absolute Gasteiger partial charge is 0.314 e. The summed E-state index contributed by atoms with van der Waals surface area (Å²) in [6.07, 6.45) is 6.52. The van der Waals surface area contributed by atoms with Crippen LogP contribution < -0.4 is 5.73 Å². The highest BCUT2D eigenvalue weighted by atomic mass is 16.2. The van der Waals surface area contributed by atoms with Crippen LogP contribution in [-0.2, 0) is 0 Å². The van der Waals surface area contributed by atoms with Crippen LogP contribution in [0.15, 0.2) is 0 Å². The van der Waals surface area contributed by atoms with Crippen molar-refractivity contribution in [1.29, 1.82) is 0 Å². The molecule has 13 heavy (non-hydrogen) atoms. The van der Waals surface area contributed by atoms with E-state index in [1.54, 1.807) is 4.90 Å². The number of primary amides is 1. The lowest BCUT2D eigenvalue weighted by molar-refractivity contribution is 0.0682. The van der Waals surface area contributed by atoms with Crippen molar-refractivity contribution < 1.29 is 4.79 Å². The predicted molar refractivity (Wildman–Crippen MR) is 51.2 cm³/mol. The van der Waals surface area contributed by atoms with Crippen molar-refractivity contribution in [1.82, 2.24) is 4.90 Å². The van der Waals surface area contributed by atoms with Crippen LogP contribution in [0.25, 0.3) is 0 Å². The van der Waals surface area contributed by atoms with E-state index in [9.17, 15) is 4.79 Å². The van der Waals surface area contributed by atoms with Crippen LogP contribution in [0.1, 0.15) is 32.1 Å². The Balaban J connectivity index is 2.04. The van der Waals surface area contributed by atoms with Gasteiger partial charge in [0.25, 0.3) is 0 Å². The molecule has 3 aliphatic rings. The minimum Gasteiger partial charge on any atom is -0.351 e. The van der Waals surface area contributed by atoms with Gasteiger partial charge in [0.05, 0.1) is 0 Å². The number of nitrogens with zero attached hydrogens (tertiary/aromatic N) is 1. The zero-order chi connectivity index (χ0) is 9.42. The third-order valence-electron chi connectivity index (χ3n) is 3.86. The fourth-order valence-corrected chi connectivity index (χ4v) is 2.98. The predicted octanol–water partition coefficient (Wildman–Crippen LogP) is 1.58. The van der Waals surface area contributed by atoms with Gasteiger partial charge >= 0.3 is 6.03 Å². The number of carbonyl (C=O) groups excluding carboxylic acids is 1. The van der Waals surface area contributed by atoms with Gasteiger partial charge in [-0.1, -0.05) is 12.8 Å². The molecule has 2 N–H and O–H groups in total. The largest absolute Gasteiger partial charge is 0.351 e. The van der Waals surface area contributed by atoms with Gasteiger partial charge < -0.3 is 10.6 Å².